The lowest BCUT2D eigenvalue weighted by Gasteiger charge is -2.19. The average molecular weight is 237 g/mol. The fourth-order valence-corrected chi connectivity index (χ4v) is 3.58. The number of aromatic carboxylic acids is 1. The molecule has 0 spiro atoms. The Hall–Kier alpha value is -1.02. The summed E-state index contributed by atoms with van der Waals surface area (Å²) < 4.78 is 0. The lowest BCUT2D eigenvalue weighted by molar-refractivity contribution is 0.0695. The number of rotatable bonds is 1. The molecule has 2 atom stereocenters. The molecule has 3 heteroatoms. The number of carboxylic acid groups (broad SMARTS) is 1. The van der Waals surface area contributed by atoms with Gasteiger partial charge in [0, 0.05) is 0 Å². The van der Waals surface area contributed by atoms with Gasteiger partial charge in [-0.3, -0.25) is 0 Å². The van der Waals surface area contributed by atoms with Crippen molar-refractivity contribution in [2.45, 2.75) is 38.0 Å². The molecular weight excluding hydrogens is 224 g/mol. The summed E-state index contributed by atoms with van der Waals surface area (Å²) in [4.78, 5) is 11.3. The molecule has 2 bridgehead atoms. The standard InChI is InChI=1S/C13H13ClO2/c1-6-4-9-7-2-3-8(5-7)10(9)11(12(6)14)13(15)16/h4,7-8H,2-3,5H2,1H3,(H,15,16). The first-order valence-corrected chi connectivity index (χ1v) is 6.03. The van der Waals surface area contributed by atoms with Crippen molar-refractivity contribution in [3.8, 4) is 0 Å². The molecule has 1 saturated carbocycles. The van der Waals surface area contributed by atoms with Crippen molar-refractivity contribution in [1.82, 2.24) is 0 Å². The molecule has 0 saturated heterocycles. The van der Waals surface area contributed by atoms with Gasteiger partial charge < -0.3 is 5.11 Å². The largest absolute Gasteiger partial charge is 0.478 e. The third-order valence-corrected chi connectivity index (χ3v) is 4.50. The van der Waals surface area contributed by atoms with Crippen LogP contribution in [0.3, 0.4) is 0 Å². The molecule has 1 N–H and O–H groups in total. The lowest BCUT2D eigenvalue weighted by atomic mass is 9.87. The van der Waals surface area contributed by atoms with Crippen molar-refractivity contribution in [2.75, 3.05) is 0 Å². The van der Waals surface area contributed by atoms with Crippen LogP contribution in [0.25, 0.3) is 0 Å². The molecule has 0 aliphatic heterocycles. The van der Waals surface area contributed by atoms with E-state index in [0.29, 0.717) is 22.4 Å². The van der Waals surface area contributed by atoms with Crippen LogP contribution in [-0.4, -0.2) is 11.1 Å². The van der Waals surface area contributed by atoms with Gasteiger partial charge in [-0.2, -0.15) is 0 Å². The molecule has 16 heavy (non-hydrogen) atoms. The van der Waals surface area contributed by atoms with Crippen LogP contribution in [0.4, 0.5) is 0 Å². The molecule has 3 rings (SSSR count). The highest BCUT2D eigenvalue weighted by molar-refractivity contribution is 6.34. The quantitative estimate of drug-likeness (QED) is 0.807. The van der Waals surface area contributed by atoms with E-state index in [4.69, 9.17) is 11.6 Å². The van der Waals surface area contributed by atoms with E-state index in [0.717, 1.165) is 24.0 Å². The maximum Gasteiger partial charge on any atom is 0.337 e. The molecule has 0 amide bonds. The maximum absolute atomic E-state index is 11.3. The molecule has 0 radical (unpaired) electrons. The van der Waals surface area contributed by atoms with E-state index < -0.39 is 5.97 Å². The fraction of sp³-hybridized carbons (Fsp3) is 0.462. The van der Waals surface area contributed by atoms with Crippen LogP contribution in [0.1, 0.15) is 58.1 Å². The van der Waals surface area contributed by atoms with Crippen LogP contribution in [0, 0.1) is 6.92 Å². The number of halogens is 1. The zero-order valence-corrected chi connectivity index (χ0v) is 9.84. The number of hydrogen-bond donors (Lipinski definition) is 1. The first-order chi connectivity index (χ1) is 7.59. The molecule has 84 valence electrons. The Morgan fingerprint density at radius 2 is 2.12 bits per heavy atom. The van der Waals surface area contributed by atoms with Gasteiger partial charge in [0.1, 0.15) is 0 Å². The van der Waals surface area contributed by atoms with Crippen molar-refractivity contribution in [3.63, 3.8) is 0 Å². The molecule has 1 fully saturated rings. The van der Waals surface area contributed by atoms with Gasteiger partial charge >= 0.3 is 5.97 Å². The Morgan fingerprint density at radius 3 is 2.81 bits per heavy atom. The lowest BCUT2D eigenvalue weighted by Crippen LogP contribution is -2.09. The Bertz CT molecular complexity index is 493. The molecule has 2 aliphatic carbocycles. The number of carbonyl (C=O) groups is 1. The predicted octanol–water partition coefficient (Wildman–Crippen LogP) is 3.71. The van der Waals surface area contributed by atoms with E-state index in [2.05, 4.69) is 6.07 Å². The van der Waals surface area contributed by atoms with Crippen molar-refractivity contribution < 1.29 is 9.90 Å². The molecular formula is C13H13ClO2. The Labute approximate surface area is 99.2 Å². The minimum Gasteiger partial charge on any atom is -0.478 e. The molecule has 0 heterocycles. The number of carboxylic acids is 1. The second kappa shape index (κ2) is 3.24. The van der Waals surface area contributed by atoms with Crippen LogP contribution in [-0.2, 0) is 0 Å². The number of fused-ring (bicyclic) bond motifs is 5. The van der Waals surface area contributed by atoms with Gasteiger partial charge in [0.05, 0.1) is 10.6 Å². The van der Waals surface area contributed by atoms with Gasteiger partial charge in [-0.1, -0.05) is 17.7 Å². The molecule has 0 aromatic heterocycles. The van der Waals surface area contributed by atoms with Crippen molar-refractivity contribution >= 4 is 17.6 Å². The van der Waals surface area contributed by atoms with E-state index in [1.165, 1.54) is 12.0 Å². The third kappa shape index (κ3) is 1.17. The summed E-state index contributed by atoms with van der Waals surface area (Å²) in [6.07, 6.45) is 3.45. The van der Waals surface area contributed by atoms with Gasteiger partial charge in [-0.25, -0.2) is 4.79 Å². The Kier molecular flexibility index (Phi) is 2.05. The minimum absolute atomic E-state index is 0.365. The van der Waals surface area contributed by atoms with Crippen LogP contribution in [0.5, 0.6) is 0 Å². The van der Waals surface area contributed by atoms with E-state index in [1.54, 1.807) is 0 Å². The summed E-state index contributed by atoms with van der Waals surface area (Å²) in [7, 11) is 0. The van der Waals surface area contributed by atoms with Gasteiger partial charge in [-0.15, -0.1) is 0 Å². The topological polar surface area (TPSA) is 37.3 Å². The number of aryl methyl sites for hydroxylation is 1. The zero-order chi connectivity index (χ0) is 11.4. The van der Waals surface area contributed by atoms with Gasteiger partial charge in [0.2, 0.25) is 0 Å². The van der Waals surface area contributed by atoms with Crippen LogP contribution < -0.4 is 0 Å². The molecule has 2 unspecified atom stereocenters. The highest BCUT2D eigenvalue weighted by atomic mass is 35.5. The maximum atomic E-state index is 11.3. The SMILES string of the molecule is Cc1cc2c(c(C(=O)O)c1Cl)C1CCC2C1. The minimum atomic E-state index is -0.877. The second-order valence-electron chi connectivity index (χ2n) is 4.90. The fourth-order valence-electron chi connectivity index (χ4n) is 3.35. The van der Waals surface area contributed by atoms with Crippen molar-refractivity contribution in [1.29, 1.82) is 0 Å². The first-order valence-electron chi connectivity index (χ1n) is 5.65. The third-order valence-electron chi connectivity index (χ3n) is 4.01. The average Bonchev–Trinajstić information content (AvgIpc) is 2.79. The molecule has 2 nitrogen and oxygen atoms in total. The summed E-state index contributed by atoms with van der Waals surface area (Å²) in [5.74, 6) is 0.135. The summed E-state index contributed by atoms with van der Waals surface area (Å²) >= 11 is 6.13. The number of benzene rings is 1. The Morgan fingerprint density at radius 1 is 1.44 bits per heavy atom. The summed E-state index contributed by atoms with van der Waals surface area (Å²) in [6, 6.07) is 2.09. The second-order valence-corrected chi connectivity index (χ2v) is 5.28. The van der Waals surface area contributed by atoms with Crippen molar-refractivity contribution in [3.05, 3.63) is 33.3 Å². The van der Waals surface area contributed by atoms with E-state index in [1.807, 2.05) is 6.92 Å². The predicted molar refractivity (Wildman–Crippen MR) is 62.5 cm³/mol. The number of hydrogen-bond acceptors (Lipinski definition) is 1. The van der Waals surface area contributed by atoms with Gasteiger partial charge in [0.15, 0.2) is 0 Å². The summed E-state index contributed by atoms with van der Waals surface area (Å²) in [6.45, 7) is 1.89. The molecule has 1 aromatic carbocycles. The van der Waals surface area contributed by atoms with Gasteiger partial charge in [0.25, 0.3) is 0 Å². The Balaban J connectivity index is 2.32. The monoisotopic (exact) mass is 236 g/mol. The first kappa shape index (κ1) is 10.2. The highest BCUT2D eigenvalue weighted by Gasteiger charge is 2.40. The normalized spacial score (nSPS) is 25.9. The smallest absolute Gasteiger partial charge is 0.337 e. The van der Waals surface area contributed by atoms with E-state index >= 15 is 0 Å². The van der Waals surface area contributed by atoms with Crippen LogP contribution in [0.2, 0.25) is 5.02 Å². The van der Waals surface area contributed by atoms with Gasteiger partial charge in [-0.05, 0) is 54.7 Å². The zero-order valence-electron chi connectivity index (χ0n) is 9.09. The summed E-state index contributed by atoms with van der Waals surface area (Å²) in [5, 5.41) is 9.73. The molecule has 1 aromatic rings. The summed E-state index contributed by atoms with van der Waals surface area (Å²) in [5.41, 5.74) is 3.53. The van der Waals surface area contributed by atoms with E-state index in [-0.39, 0.29) is 0 Å². The van der Waals surface area contributed by atoms with Crippen LogP contribution in [0.15, 0.2) is 6.07 Å². The molecule has 2 aliphatic rings. The van der Waals surface area contributed by atoms with E-state index in [9.17, 15) is 9.90 Å². The highest BCUT2D eigenvalue weighted by Crippen LogP contribution is 2.55. The van der Waals surface area contributed by atoms with Crippen LogP contribution >= 0.6 is 11.6 Å². The van der Waals surface area contributed by atoms with Crippen molar-refractivity contribution in [2.24, 2.45) is 0 Å².